The van der Waals surface area contributed by atoms with Gasteiger partial charge in [-0.05, 0) is 39.5 Å². The number of aromatic amines is 1. The summed E-state index contributed by atoms with van der Waals surface area (Å²) in [4.78, 5) is 54.7. The largest absolute Gasteiger partial charge is 0.367 e. The van der Waals surface area contributed by atoms with Gasteiger partial charge in [0, 0.05) is 41.4 Å². The number of hydrazone groups is 1. The standard InChI is InChI=1S/C10H15N.C9H13NO.C8H12N2O2.C8H12N2O.CH4/c1-8-5-6-11-7-9(8)10(2,3)4;1-9(2,3)7-4-5-10-6-8(7)11;1-8(2,3)7-5(11)4-6(12)9-10-7;1-8(2,3)6-4-9-5-10-7(6)11;/h5-7,11H,1H2,2-4H3;4-5H,6H2,1-3H3;4H2,1-3H3,(H,9,12);4-5H,1-3H3,(H,9,10,11);1H4. The Morgan fingerprint density at radius 1 is 0.783 bits per heavy atom. The first-order valence-corrected chi connectivity index (χ1v) is 15.0. The third-order valence-electron chi connectivity index (χ3n) is 6.57. The molecule has 1 amide bonds. The predicted octanol–water partition coefficient (Wildman–Crippen LogP) is 6.38. The number of allylic oxidation sites excluding steroid dienone is 4. The minimum absolute atomic E-state index is 0. The normalized spacial score (nSPS) is 16.3. The Morgan fingerprint density at radius 3 is 1.74 bits per heavy atom. The number of nitrogens with one attached hydrogen (secondary N) is 3. The molecule has 0 spiro atoms. The van der Waals surface area contributed by atoms with Gasteiger partial charge in [-0.2, -0.15) is 5.10 Å². The van der Waals surface area contributed by atoms with E-state index in [-0.39, 0.29) is 58.5 Å². The molecule has 0 atom stereocenters. The molecule has 0 aliphatic carbocycles. The highest BCUT2D eigenvalue weighted by Gasteiger charge is 2.30. The minimum Gasteiger partial charge on any atom is -0.367 e. The monoisotopic (exact) mass is 636 g/mol. The van der Waals surface area contributed by atoms with E-state index in [2.05, 4.69) is 58.2 Å². The molecular formula is C36H56N6O4. The molecule has 3 aliphatic heterocycles. The van der Waals surface area contributed by atoms with Gasteiger partial charge in [-0.25, -0.2) is 10.4 Å². The summed E-state index contributed by atoms with van der Waals surface area (Å²) in [6.07, 6.45) is 12.4. The van der Waals surface area contributed by atoms with Crippen LogP contribution in [0.2, 0.25) is 0 Å². The summed E-state index contributed by atoms with van der Waals surface area (Å²) in [6, 6.07) is 0. The van der Waals surface area contributed by atoms with Gasteiger partial charge < -0.3 is 10.3 Å². The lowest BCUT2D eigenvalue weighted by Crippen LogP contribution is -2.39. The summed E-state index contributed by atoms with van der Waals surface area (Å²) >= 11 is 0. The van der Waals surface area contributed by atoms with Gasteiger partial charge in [-0.3, -0.25) is 24.2 Å². The Morgan fingerprint density at radius 2 is 1.37 bits per heavy atom. The lowest BCUT2D eigenvalue weighted by molar-refractivity contribution is -0.126. The topological polar surface area (TPSA) is 146 Å². The number of aliphatic imine (C=N–C) groups is 1. The van der Waals surface area contributed by atoms with Crippen molar-refractivity contribution >= 4 is 29.4 Å². The summed E-state index contributed by atoms with van der Waals surface area (Å²) in [6.45, 7) is 28.6. The molecule has 3 aliphatic rings. The molecule has 0 saturated carbocycles. The number of Topliss-reactive ketones (excluding diaryl/α,β-unsaturated/α-hetero) is 2. The van der Waals surface area contributed by atoms with Crippen LogP contribution < -0.4 is 16.3 Å². The second kappa shape index (κ2) is 16.9. The molecule has 3 N–H and O–H groups in total. The van der Waals surface area contributed by atoms with Crippen LogP contribution in [0.5, 0.6) is 0 Å². The van der Waals surface area contributed by atoms with Crippen molar-refractivity contribution < 1.29 is 14.4 Å². The van der Waals surface area contributed by atoms with Crippen molar-refractivity contribution in [3.05, 3.63) is 76.3 Å². The van der Waals surface area contributed by atoms with Crippen molar-refractivity contribution in [2.24, 2.45) is 26.3 Å². The maximum atomic E-state index is 11.3. The van der Waals surface area contributed by atoms with Crippen molar-refractivity contribution in [3.8, 4) is 0 Å². The maximum Gasteiger partial charge on any atom is 0.254 e. The number of H-pyrrole nitrogens is 1. The Balaban J connectivity index is 0.000000583. The summed E-state index contributed by atoms with van der Waals surface area (Å²) in [5.74, 6) is -0.348. The van der Waals surface area contributed by atoms with E-state index in [1.807, 2.05) is 86.9 Å². The van der Waals surface area contributed by atoms with Crippen LogP contribution in [0.25, 0.3) is 0 Å². The van der Waals surface area contributed by atoms with E-state index in [0.29, 0.717) is 12.3 Å². The maximum absolute atomic E-state index is 11.3. The van der Waals surface area contributed by atoms with E-state index in [1.54, 1.807) is 12.4 Å². The van der Waals surface area contributed by atoms with Crippen molar-refractivity contribution in [1.82, 2.24) is 20.7 Å². The third-order valence-corrected chi connectivity index (χ3v) is 6.57. The summed E-state index contributed by atoms with van der Waals surface area (Å²) in [5, 5.41) is 6.80. The van der Waals surface area contributed by atoms with Gasteiger partial charge in [-0.15, -0.1) is 0 Å². The van der Waals surface area contributed by atoms with Crippen LogP contribution in [0.4, 0.5) is 0 Å². The summed E-state index contributed by atoms with van der Waals surface area (Å²) in [5.41, 5.74) is 6.43. The average Bonchev–Trinajstić information content (AvgIpc) is 2.88. The molecule has 1 aromatic rings. The van der Waals surface area contributed by atoms with Crippen LogP contribution >= 0.6 is 0 Å². The molecule has 0 radical (unpaired) electrons. The quantitative estimate of drug-likeness (QED) is 0.282. The summed E-state index contributed by atoms with van der Waals surface area (Å²) < 4.78 is 0. The fourth-order valence-electron chi connectivity index (χ4n) is 4.18. The van der Waals surface area contributed by atoms with Crippen LogP contribution in [-0.4, -0.2) is 45.9 Å². The fourth-order valence-corrected chi connectivity index (χ4v) is 4.18. The van der Waals surface area contributed by atoms with Crippen molar-refractivity contribution in [2.45, 2.75) is 102 Å². The van der Waals surface area contributed by atoms with Gasteiger partial charge in [0.15, 0.2) is 11.6 Å². The highest BCUT2D eigenvalue weighted by molar-refractivity contribution is 6.45. The first kappa shape index (κ1) is 41.8. The zero-order valence-electron chi connectivity index (χ0n) is 29.1. The third kappa shape index (κ3) is 13.8. The van der Waals surface area contributed by atoms with Gasteiger partial charge in [-0.1, -0.05) is 97.1 Å². The SMILES string of the molecule is C.C=C1C=CNC=C1C(C)(C)C.CC(C)(C)C1=CC=NCC1=O.CC(C)(C)C1=NNC(=O)CC1=O.CC(C)(C)c1cnc[nH]c1=O. The number of amides is 1. The average molecular weight is 637 g/mol. The Hall–Kier alpha value is -4.21. The van der Waals surface area contributed by atoms with E-state index < -0.39 is 0 Å². The zero-order valence-corrected chi connectivity index (χ0v) is 29.1. The number of hydrogen-bond donors (Lipinski definition) is 3. The Labute approximate surface area is 275 Å². The van der Waals surface area contributed by atoms with Crippen LogP contribution in [0.3, 0.4) is 0 Å². The first-order valence-electron chi connectivity index (χ1n) is 15.0. The Kier molecular flexibility index (Phi) is 15.4. The van der Waals surface area contributed by atoms with Crippen molar-refractivity contribution in [1.29, 1.82) is 0 Å². The van der Waals surface area contributed by atoms with Gasteiger partial charge in [0.2, 0.25) is 5.91 Å². The molecule has 0 unspecified atom stereocenters. The number of dihydropyridines is 2. The number of nitrogens with zero attached hydrogens (tertiary/aromatic N) is 3. The van der Waals surface area contributed by atoms with Gasteiger partial charge in [0.25, 0.3) is 5.56 Å². The molecular weight excluding hydrogens is 580 g/mol. The predicted molar refractivity (Wildman–Crippen MR) is 190 cm³/mol. The van der Waals surface area contributed by atoms with Crippen LogP contribution in [0.1, 0.15) is 102 Å². The molecule has 10 heteroatoms. The number of aromatic nitrogens is 2. The van der Waals surface area contributed by atoms with Crippen LogP contribution in [0.15, 0.2) is 75.3 Å². The van der Waals surface area contributed by atoms with Gasteiger partial charge in [0.05, 0.1) is 12.7 Å². The van der Waals surface area contributed by atoms with Gasteiger partial charge >= 0.3 is 0 Å². The Bertz CT molecular complexity index is 1460. The highest BCUT2D eigenvalue weighted by Crippen LogP contribution is 2.31. The van der Waals surface area contributed by atoms with Gasteiger partial charge in [0.1, 0.15) is 12.3 Å². The molecule has 0 bridgehead atoms. The second-order valence-electron chi connectivity index (χ2n) is 15.0. The molecule has 0 saturated heterocycles. The van der Waals surface area contributed by atoms with E-state index >= 15 is 0 Å². The first-order chi connectivity index (χ1) is 20.5. The molecule has 10 nitrogen and oxygen atoms in total. The minimum atomic E-state index is -0.326. The van der Waals surface area contributed by atoms with Crippen molar-refractivity contribution in [3.63, 3.8) is 0 Å². The van der Waals surface area contributed by atoms with Crippen LogP contribution in [-0.2, 0) is 19.8 Å². The van der Waals surface area contributed by atoms with E-state index in [4.69, 9.17) is 0 Å². The molecule has 0 fully saturated rings. The van der Waals surface area contributed by atoms with Crippen LogP contribution in [0, 0.1) is 16.2 Å². The summed E-state index contributed by atoms with van der Waals surface area (Å²) in [7, 11) is 0. The van der Waals surface area contributed by atoms with E-state index in [0.717, 1.165) is 16.7 Å². The zero-order chi connectivity index (χ0) is 34.8. The van der Waals surface area contributed by atoms with E-state index in [1.165, 1.54) is 11.9 Å². The molecule has 0 aromatic carbocycles. The van der Waals surface area contributed by atoms with E-state index in [9.17, 15) is 19.2 Å². The molecule has 254 valence electrons. The number of ketones is 2. The molecule has 4 rings (SSSR count). The number of carbonyl (C=O) groups excluding carboxylic acids is 3. The fraction of sp³-hybridized carbons (Fsp3) is 0.528. The number of hydrogen-bond acceptors (Lipinski definition) is 8. The highest BCUT2D eigenvalue weighted by atomic mass is 16.2. The molecule has 46 heavy (non-hydrogen) atoms. The number of carbonyl (C=O) groups is 3. The second-order valence-corrected chi connectivity index (χ2v) is 15.0. The van der Waals surface area contributed by atoms with Crippen molar-refractivity contribution in [2.75, 3.05) is 6.54 Å². The molecule has 1 aromatic heterocycles. The smallest absolute Gasteiger partial charge is 0.254 e. The molecule has 4 heterocycles. The number of rotatable bonds is 0. The lowest BCUT2D eigenvalue weighted by Gasteiger charge is -2.25. The lowest BCUT2D eigenvalue weighted by atomic mass is 9.82.